The Morgan fingerprint density at radius 1 is 1.44 bits per heavy atom. The summed E-state index contributed by atoms with van der Waals surface area (Å²) in [6.45, 7) is 5.98. The molecule has 6 heteroatoms. The Labute approximate surface area is 105 Å². The van der Waals surface area contributed by atoms with Crippen LogP contribution in [0.25, 0.3) is 0 Å². The van der Waals surface area contributed by atoms with Crippen molar-refractivity contribution >= 4 is 5.91 Å². The minimum atomic E-state index is -0.0587. The van der Waals surface area contributed by atoms with Gasteiger partial charge in [-0.25, -0.2) is 0 Å². The summed E-state index contributed by atoms with van der Waals surface area (Å²) in [6.07, 6.45) is 0.321. The molecule has 18 heavy (non-hydrogen) atoms. The number of nitrogens with zero attached hydrogens (tertiary/aromatic N) is 2. The van der Waals surface area contributed by atoms with Crippen molar-refractivity contribution in [3.05, 3.63) is 34.5 Å². The zero-order chi connectivity index (χ0) is 13.1. The lowest BCUT2D eigenvalue weighted by atomic mass is 10.1. The zero-order valence-electron chi connectivity index (χ0n) is 10.7. The van der Waals surface area contributed by atoms with E-state index in [0.717, 1.165) is 22.6 Å². The Bertz CT molecular complexity index is 537. The van der Waals surface area contributed by atoms with Crippen LogP contribution in [0.4, 0.5) is 0 Å². The van der Waals surface area contributed by atoms with Gasteiger partial charge < -0.3 is 9.84 Å². The van der Waals surface area contributed by atoms with Crippen molar-refractivity contribution in [3.63, 3.8) is 0 Å². The van der Waals surface area contributed by atoms with Crippen molar-refractivity contribution in [2.24, 2.45) is 0 Å². The Morgan fingerprint density at radius 2 is 2.22 bits per heavy atom. The fraction of sp³-hybridized carbons (Fsp3) is 0.417. The summed E-state index contributed by atoms with van der Waals surface area (Å²) in [7, 11) is 0. The van der Waals surface area contributed by atoms with E-state index in [-0.39, 0.29) is 5.91 Å². The molecule has 0 bridgehead atoms. The summed E-state index contributed by atoms with van der Waals surface area (Å²) in [6, 6.07) is 1.80. The van der Waals surface area contributed by atoms with Gasteiger partial charge in [0.1, 0.15) is 0 Å². The number of hydrogen-bond acceptors (Lipinski definition) is 4. The molecule has 2 heterocycles. The maximum Gasteiger partial charge on any atom is 0.224 e. The second kappa shape index (κ2) is 5.03. The lowest BCUT2D eigenvalue weighted by molar-refractivity contribution is -0.120. The fourth-order valence-corrected chi connectivity index (χ4v) is 1.74. The molecule has 0 spiro atoms. The first-order valence-electron chi connectivity index (χ1n) is 5.75. The number of H-pyrrole nitrogens is 1. The maximum absolute atomic E-state index is 11.8. The Hall–Kier alpha value is -2.11. The molecule has 1 amide bonds. The molecule has 2 N–H and O–H groups in total. The van der Waals surface area contributed by atoms with E-state index in [1.54, 1.807) is 6.07 Å². The van der Waals surface area contributed by atoms with Gasteiger partial charge in [0.15, 0.2) is 5.76 Å². The molecule has 0 aliphatic rings. The van der Waals surface area contributed by atoms with Crippen LogP contribution in [0.5, 0.6) is 0 Å². The number of hydrogen-bond donors (Lipinski definition) is 2. The second-order valence-electron chi connectivity index (χ2n) is 4.30. The van der Waals surface area contributed by atoms with E-state index in [9.17, 15) is 4.79 Å². The lowest BCUT2D eigenvalue weighted by Gasteiger charge is -2.03. The van der Waals surface area contributed by atoms with Gasteiger partial charge in [-0.2, -0.15) is 5.10 Å². The third-order valence-electron chi connectivity index (χ3n) is 2.75. The largest absolute Gasteiger partial charge is 0.359 e. The number of carbonyl (C=O) groups excluding carboxylic acids is 1. The molecule has 6 nitrogen and oxygen atoms in total. The van der Waals surface area contributed by atoms with Crippen molar-refractivity contribution in [2.45, 2.75) is 33.7 Å². The molecular weight excluding hydrogens is 232 g/mol. The predicted molar refractivity (Wildman–Crippen MR) is 64.9 cm³/mol. The molecule has 2 aromatic heterocycles. The summed E-state index contributed by atoms with van der Waals surface area (Å²) in [5.74, 6) is 0.596. The van der Waals surface area contributed by atoms with Crippen LogP contribution in [0.3, 0.4) is 0 Å². The highest BCUT2D eigenvalue weighted by Gasteiger charge is 2.11. The number of amides is 1. The van der Waals surface area contributed by atoms with Crippen LogP contribution in [0.2, 0.25) is 0 Å². The van der Waals surface area contributed by atoms with Crippen molar-refractivity contribution in [2.75, 3.05) is 0 Å². The van der Waals surface area contributed by atoms with E-state index < -0.39 is 0 Å². The van der Waals surface area contributed by atoms with Gasteiger partial charge in [0, 0.05) is 17.3 Å². The van der Waals surface area contributed by atoms with Crippen LogP contribution in [-0.4, -0.2) is 21.3 Å². The van der Waals surface area contributed by atoms with Crippen LogP contribution in [0.15, 0.2) is 10.6 Å². The molecule has 0 aromatic carbocycles. The molecule has 0 aliphatic heterocycles. The molecule has 0 saturated carbocycles. The number of nitrogens with one attached hydrogen (secondary N) is 2. The van der Waals surface area contributed by atoms with Gasteiger partial charge in [-0.15, -0.1) is 0 Å². The Balaban J connectivity index is 1.89. The number of carbonyl (C=O) groups is 1. The maximum atomic E-state index is 11.8. The number of aromatic amines is 1. The smallest absolute Gasteiger partial charge is 0.224 e. The van der Waals surface area contributed by atoms with Crippen molar-refractivity contribution in [1.29, 1.82) is 0 Å². The van der Waals surface area contributed by atoms with Crippen molar-refractivity contribution < 1.29 is 9.32 Å². The fourth-order valence-electron chi connectivity index (χ4n) is 1.74. The van der Waals surface area contributed by atoms with E-state index >= 15 is 0 Å². The monoisotopic (exact) mass is 248 g/mol. The average Bonchev–Trinajstić information content (AvgIpc) is 2.87. The SMILES string of the molecule is Cc1cc(CNC(=O)Cc2c(C)n[nH]c2C)on1. The van der Waals surface area contributed by atoms with E-state index in [0.29, 0.717) is 18.7 Å². The zero-order valence-corrected chi connectivity index (χ0v) is 10.7. The summed E-state index contributed by atoms with van der Waals surface area (Å²) in [5.41, 5.74) is 3.54. The van der Waals surface area contributed by atoms with E-state index in [1.165, 1.54) is 0 Å². The molecule has 0 aliphatic carbocycles. The second-order valence-corrected chi connectivity index (χ2v) is 4.30. The van der Waals surface area contributed by atoms with Gasteiger partial charge in [0.2, 0.25) is 5.91 Å². The third-order valence-corrected chi connectivity index (χ3v) is 2.75. The van der Waals surface area contributed by atoms with Crippen molar-refractivity contribution in [3.8, 4) is 0 Å². The quantitative estimate of drug-likeness (QED) is 0.851. The molecule has 0 atom stereocenters. The molecular formula is C12H16N4O2. The first kappa shape index (κ1) is 12.3. The summed E-state index contributed by atoms with van der Waals surface area (Å²) < 4.78 is 5.01. The molecule has 0 saturated heterocycles. The molecule has 2 aromatic rings. The molecule has 0 fully saturated rings. The molecule has 96 valence electrons. The lowest BCUT2D eigenvalue weighted by Crippen LogP contribution is -2.24. The van der Waals surface area contributed by atoms with Crippen LogP contribution in [0.1, 0.15) is 28.4 Å². The van der Waals surface area contributed by atoms with Crippen molar-refractivity contribution in [1.82, 2.24) is 20.7 Å². The minimum Gasteiger partial charge on any atom is -0.359 e. The number of aromatic nitrogens is 3. The molecule has 0 unspecified atom stereocenters. The van der Waals surface area contributed by atoms with Gasteiger partial charge in [-0.05, 0) is 20.8 Å². The van der Waals surface area contributed by atoms with E-state index in [2.05, 4.69) is 20.7 Å². The van der Waals surface area contributed by atoms with Crippen LogP contribution in [0, 0.1) is 20.8 Å². The van der Waals surface area contributed by atoms with Crippen LogP contribution < -0.4 is 5.32 Å². The standard InChI is InChI=1S/C12H16N4O2/c1-7-4-10(18-16-7)6-13-12(17)5-11-8(2)14-15-9(11)3/h4H,5-6H2,1-3H3,(H,13,17)(H,14,15). The number of aryl methyl sites for hydroxylation is 3. The van der Waals surface area contributed by atoms with Gasteiger partial charge in [-0.1, -0.05) is 5.16 Å². The average molecular weight is 248 g/mol. The highest BCUT2D eigenvalue weighted by Crippen LogP contribution is 2.10. The first-order valence-corrected chi connectivity index (χ1v) is 5.75. The van der Waals surface area contributed by atoms with E-state index in [4.69, 9.17) is 4.52 Å². The predicted octanol–water partition coefficient (Wildman–Crippen LogP) is 1.18. The Morgan fingerprint density at radius 3 is 2.78 bits per heavy atom. The summed E-state index contributed by atoms with van der Waals surface area (Å²) in [4.78, 5) is 11.8. The summed E-state index contributed by atoms with van der Waals surface area (Å²) >= 11 is 0. The van der Waals surface area contributed by atoms with Gasteiger partial charge >= 0.3 is 0 Å². The summed E-state index contributed by atoms with van der Waals surface area (Å²) in [5, 5.41) is 13.5. The highest BCUT2D eigenvalue weighted by atomic mass is 16.5. The number of rotatable bonds is 4. The molecule has 2 rings (SSSR count). The normalized spacial score (nSPS) is 10.6. The molecule has 0 radical (unpaired) electrons. The first-order chi connectivity index (χ1) is 8.56. The van der Waals surface area contributed by atoms with Crippen LogP contribution in [-0.2, 0) is 17.8 Å². The third kappa shape index (κ3) is 2.77. The Kier molecular flexibility index (Phi) is 3.45. The highest BCUT2D eigenvalue weighted by molar-refractivity contribution is 5.78. The van der Waals surface area contributed by atoms with Gasteiger partial charge in [0.05, 0.1) is 24.4 Å². The minimum absolute atomic E-state index is 0.0587. The topological polar surface area (TPSA) is 83.8 Å². The van der Waals surface area contributed by atoms with Gasteiger partial charge in [0.25, 0.3) is 0 Å². The van der Waals surface area contributed by atoms with E-state index in [1.807, 2.05) is 20.8 Å². The van der Waals surface area contributed by atoms with Gasteiger partial charge in [-0.3, -0.25) is 9.89 Å². The van der Waals surface area contributed by atoms with Crippen LogP contribution >= 0.6 is 0 Å².